The molecule has 3 N–H and O–H groups in total. The lowest BCUT2D eigenvalue weighted by Gasteiger charge is -2.37. The number of nitrogens with zero attached hydrogens (tertiary/aromatic N) is 3. The number of nitrogens with one attached hydrogen (secondary N) is 3. The van der Waals surface area contributed by atoms with Crippen molar-refractivity contribution < 1.29 is 8.42 Å². The highest BCUT2D eigenvalue weighted by molar-refractivity contribution is 14.0. The zero-order chi connectivity index (χ0) is 22.1. The van der Waals surface area contributed by atoms with Crippen molar-refractivity contribution in [3.05, 3.63) is 60.4 Å². The monoisotopic (exact) mass is 572 g/mol. The van der Waals surface area contributed by atoms with Gasteiger partial charge in [-0.1, -0.05) is 30.3 Å². The highest BCUT2D eigenvalue weighted by Crippen LogP contribution is 2.23. The van der Waals surface area contributed by atoms with Crippen LogP contribution in [0.15, 0.2) is 64.7 Å². The van der Waals surface area contributed by atoms with Crippen LogP contribution in [0.2, 0.25) is 0 Å². The molecule has 2 aromatic rings. The molecule has 0 amide bonds. The minimum Gasteiger partial charge on any atom is -0.355 e. The number of rotatable bonds is 8. The SMILES string of the molecule is CN=C(NCCNS(=O)(=O)c1cccnc1)NC1CCN(C(C)c2ccccc2)CC1.I. The van der Waals surface area contributed by atoms with Gasteiger partial charge in [0, 0.05) is 57.7 Å². The highest BCUT2D eigenvalue weighted by Gasteiger charge is 2.24. The Kier molecular flexibility index (Phi) is 10.8. The lowest BCUT2D eigenvalue weighted by atomic mass is 10.0. The van der Waals surface area contributed by atoms with Crippen molar-refractivity contribution in [3.63, 3.8) is 0 Å². The highest BCUT2D eigenvalue weighted by atomic mass is 127. The van der Waals surface area contributed by atoms with Crippen LogP contribution in [0.25, 0.3) is 0 Å². The summed E-state index contributed by atoms with van der Waals surface area (Å²) in [6.07, 6.45) is 4.95. The minimum absolute atomic E-state index is 0. The zero-order valence-electron chi connectivity index (χ0n) is 18.6. The molecule has 176 valence electrons. The van der Waals surface area contributed by atoms with Crippen LogP contribution in [-0.4, -0.2) is 63.5 Å². The van der Waals surface area contributed by atoms with Gasteiger partial charge in [-0.2, -0.15) is 0 Å². The Hall–Kier alpha value is -1.76. The molecule has 1 saturated heterocycles. The van der Waals surface area contributed by atoms with Gasteiger partial charge in [-0.05, 0) is 37.5 Å². The maximum atomic E-state index is 12.2. The number of aromatic nitrogens is 1. The molecule has 0 saturated carbocycles. The van der Waals surface area contributed by atoms with Crippen LogP contribution in [0.5, 0.6) is 0 Å². The van der Waals surface area contributed by atoms with Gasteiger partial charge in [-0.15, -0.1) is 24.0 Å². The number of halogens is 1. The predicted molar refractivity (Wildman–Crippen MR) is 139 cm³/mol. The fourth-order valence-electron chi connectivity index (χ4n) is 3.72. The molecule has 1 unspecified atom stereocenters. The summed E-state index contributed by atoms with van der Waals surface area (Å²) in [5.74, 6) is 0.690. The first-order chi connectivity index (χ1) is 15.0. The molecule has 32 heavy (non-hydrogen) atoms. The lowest BCUT2D eigenvalue weighted by molar-refractivity contribution is 0.158. The van der Waals surface area contributed by atoms with Gasteiger partial charge in [0.05, 0.1) is 0 Å². The third kappa shape index (κ3) is 7.68. The Bertz CT molecular complexity index is 935. The third-order valence-electron chi connectivity index (χ3n) is 5.58. The largest absolute Gasteiger partial charge is 0.355 e. The minimum atomic E-state index is -3.55. The summed E-state index contributed by atoms with van der Waals surface area (Å²) in [7, 11) is -1.82. The maximum Gasteiger partial charge on any atom is 0.242 e. The molecular weight excluding hydrogens is 539 g/mol. The Morgan fingerprint density at radius 3 is 2.50 bits per heavy atom. The second kappa shape index (κ2) is 13.1. The van der Waals surface area contributed by atoms with E-state index in [1.807, 2.05) is 0 Å². The first-order valence-corrected chi connectivity index (χ1v) is 12.1. The van der Waals surface area contributed by atoms with Gasteiger partial charge in [-0.3, -0.25) is 14.9 Å². The van der Waals surface area contributed by atoms with Gasteiger partial charge >= 0.3 is 0 Å². The van der Waals surface area contributed by atoms with Crippen molar-refractivity contribution in [2.45, 2.75) is 36.7 Å². The summed E-state index contributed by atoms with van der Waals surface area (Å²) in [6, 6.07) is 14.5. The van der Waals surface area contributed by atoms with Crippen LogP contribution in [0.3, 0.4) is 0 Å². The number of likely N-dealkylation sites (tertiary alicyclic amines) is 1. The number of pyridine rings is 1. The van der Waals surface area contributed by atoms with Crippen LogP contribution in [-0.2, 0) is 10.0 Å². The molecule has 0 radical (unpaired) electrons. The summed E-state index contributed by atoms with van der Waals surface area (Å²) < 4.78 is 27.0. The molecular formula is C22H33IN6O2S. The first kappa shape index (κ1) is 26.5. The van der Waals surface area contributed by atoms with Crippen LogP contribution < -0.4 is 15.4 Å². The van der Waals surface area contributed by atoms with Gasteiger partial charge in [0.25, 0.3) is 0 Å². The van der Waals surface area contributed by atoms with Crippen LogP contribution in [0, 0.1) is 0 Å². The standard InChI is InChI=1S/C22H32N6O2S.HI/c1-18(19-7-4-3-5-8-19)28-15-10-20(11-16-28)27-22(23-2)25-13-14-26-31(29,30)21-9-6-12-24-17-21;/h3-9,12,17-18,20,26H,10-11,13-16H2,1-2H3,(H2,23,25,27);1H. The molecule has 1 atom stereocenters. The molecule has 1 aliphatic rings. The van der Waals surface area contributed by atoms with E-state index in [1.165, 1.54) is 17.8 Å². The van der Waals surface area contributed by atoms with Crippen LogP contribution in [0.1, 0.15) is 31.4 Å². The van der Waals surface area contributed by atoms with E-state index in [4.69, 9.17) is 0 Å². The van der Waals surface area contributed by atoms with Crippen molar-refractivity contribution in [1.29, 1.82) is 0 Å². The summed E-state index contributed by atoms with van der Waals surface area (Å²) in [6.45, 7) is 5.00. The van der Waals surface area contributed by atoms with Crippen molar-refractivity contribution in [2.75, 3.05) is 33.2 Å². The van der Waals surface area contributed by atoms with E-state index in [0.29, 0.717) is 24.6 Å². The van der Waals surface area contributed by atoms with E-state index in [2.05, 4.69) is 67.5 Å². The van der Waals surface area contributed by atoms with Crippen LogP contribution in [0.4, 0.5) is 0 Å². The number of piperidine rings is 1. The van der Waals surface area contributed by atoms with Gasteiger partial charge in [0.2, 0.25) is 10.0 Å². The van der Waals surface area contributed by atoms with E-state index in [-0.39, 0.29) is 35.4 Å². The number of hydrogen-bond acceptors (Lipinski definition) is 5. The Morgan fingerprint density at radius 1 is 1.16 bits per heavy atom. The Morgan fingerprint density at radius 2 is 1.88 bits per heavy atom. The molecule has 1 aliphatic heterocycles. The number of hydrogen-bond donors (Lipinski definition) is 3. The van der Waals surface area contributed by atoms with E-state index >= 15 is 0 Å². The van der Waals surface area contributed by atoms with Gasteiger partial charge < -0.3 is 10.6 Å². The third-order valence-corrected chi connectivity index (χ3v) is 7.02. The summed E-state index contributed by atoms with van der Waals surface area (Å²) in [5.41, 5.74) is 1.35. The molecule has 1 fully saturated rings. The zero-order valence-corrected chi connectivity index (χ0v) is 21.7. The fraction of sp³-hybridized carbons (Fsp3) is 0.455. The summed E-state index contributed by atoms with van der Waals surface area (Å²) >= 11 is 0. The lowest BCUT2D eigenvalue weighted by Crippen LogP contribution is -2.50. The molecule has 3 rings (SSSR count). The van der Waals surface area contributed by atoms with E-state index < -0.39 is 10.0 Å². The predicted octanol–water partition coefficient (Wildman–Crippen LogP) is 2.37. The molecule has 0 bridgehead atoms. The number of guanidine groups is 1. The van der Waals surface area contributed by atoms with Crippen molar-refractivity contribution in [2.24, 2.45) is 4.99 Å². The molecule has 1 aromatic carbocycles. The average molecular weight is 573 g/mol. The number of benzene rings is 1. The smallest absolute Gasteiger partial charge is 0.242 e. The molecule has 8 nitrogen and oxygen atoms in total. The molecule has 1 aromatic heterocycles. The maximum absolute atomic E-state index is 12.2. The van der Waals surface area contributed by atoms with Crippen molar-refractivity contribution in [1.82, 2.24) is 25.2 Å². The molecule has 0 aliphatic carbocycles. The van der Waals surface area contributed by atoms with Gasteiger partial charge in [0.15, 0.2) is 5.96 Å². The van der Waals surface area contributed by atoms with Gasteiger partial charge in [0.1, 0.15) is 4.90 Å². The summed E-state index contributed by atoms with van der Waals surface area (Å²) in [4.78, 5) is 10.8. The second-order valence-corrected chi connectivity index (χ2v) is 9.39. The van der Waals surface area contributed by atoms with Crippen molar-refractivity contribution >= 4 is 40.0 Å². The van der Waals surface area contributed by atoms with E-state index in [9.17, 15) is 8.42 Å². The fourth-order valence-corrected chi connectivity index (χ4v) is 4.71. The van der Waals surface area contributed by atoms with Crippen LogP contribution >= 0.6 is 24.0 Å². The molecule has 0 spiro atoms. The first-order valence-electron chi connectivity index (χ1n) is 10.7. The number of sulfonamides is 1. The Labute approximate surface area is 208 Å². The quantitative estimate of drug-likeness (QED) is 0.195. The summed E-state index contributed by atoms with van der Waals surface area (Å²) in [5, 5.41) is 6.64. The van der Waals surface area contributed by atoms with Gasteiger partial charge in [-0.25, -0.2) is 13.1 Å². The Balaban J connectivity index is 0.00000363. The average Bonchev–Trinajstić information content (AvgIpc) is 2.82. The topological polar surface area (TPSA) is 98.7 Å². The molecule has 2 heterocycles. The van der Waals surface area contributed by atoms with E-state index in [1.54, 1.807) is 19.3 Å². The van der Waals surface area contributed by atoms with E-state index in [0.717, 1.165) is 25.9 Å². The number of aliphatic imine (C=N–C) groups is 1. The second-order valence-electron chi connectivity index (χ2n) is 7.63. The molecule has 10 heteroatoms. The van der Waals surface area contributed by atoms with Crippen molar-refractivity contribution in [3.8, 4) is 0 Å². The normalized spacial score (nSPS) is 16.8.